The Bertz CT molecular complexity index is 315. The predicted octanol–water partition coefficient (Wildman–Crippen LogP) is 2.42. The molecular formula is C11H14F2O2. The van der Waals surface area contributed by atoms with E-state index < -0.39 is 17.7 Å². The highest BCUT2D eigenvalue weighted by molar-refractivity contribution is 5.19. The van der Waals surface area contributed by atoms with Gasteiger partial charge in [-0.15, -0.1) is 0 Å². The Kier molecular flexibility index (Phi) is 4.65. The van der Waals surface area contributed by atoms with Crippen LogP contribution in [-0.4, -0.2) is 18.3 Å². The van der Waals surface area contributed by atoms with Gasteiger partial charge in [-0.3, -0.25) is 0 Å². The van der Waals surface area contributed by atoms with Crippen LogP contribution in [0.3, 0.4) is 0 Å². The molecule has 0 aliphatic heterocycles. The molecule has 1 rings (SSSR count). The van der Waals surface area contributed by atoms with Crippen LogP contribution in [0.2, 0.25) is 0 Å². The second-order valence-corrected chi connectivity index (χ2v) is 3.17. The Balaban J connectivity index is 2.57. The van der Waals surface area contributed by atoms with Crippen LogP contribution in [0.4, 0.5) is 8.78 Å². The molecule has 1 unspecified atom stereocenters. The van der Waals surface area contributed by atoms with E-state index in [0.29, 0.717) is 25.2 Å². The van der Waals surface area contributed by atoms with Crippen LogP contribution in [0, 0.1) is 11.6 Å². The van der Waals surface area contributed by atoms with Crippen LogP contribution in [0.25, 0.3) is 0 Å². The zero-order valence-electron chi connectivity index (χ0n) is 8.54. The molecule has 0 spiro atoms. The summed E-state index contributed by atoms with van der Waals surface area (Å²) < 4.78 is 30.4. The molecular weight excluding hydrogens is 202 g/mol. The van der Waals surface area contributed by atoms with E-state index in [9.17, 15) is 13.9 Å². The molecule has 1 atom stereocenters. The van der Waals surface area contributed by atoms with Crippen molar-refractivity contribution in [3.05, 3.63) is 35.4 Å². The summed E-state index contributed by atoms with van der Waals surface area (Å²) in [7, 11) is 0. The van der Waals surface area contributed by atoms with Gasteiger partial charge in [-0.25, -0.2) is 8.78 Å². The Labute approximate surface area is 87.5 Å². The Morgan fingerprint density at radius 3 is 2.67 bits per heavy atom. The molecule has 15 heavy (non-hydrogen) atoms. The highest BCUT2D eigenvalue weighted by Crippen LogP contribution is 2.18. The minimum absolute atomic E-state index is 0.369. The van der Waals surface area contributed by atoms with Crippen molar-refractivity contribution in [1.29, 1.82) is 0 Å². The first-order valence-electron chi connectivity index (χ1n) is 4.86. The minimum atomic E-state index is -0.942. The number of benzene rings is 1. The quantitative estimate of drug-likeness (QED) is 0.766. The summed E-state index contributed by atoms with van der Waals surface area (Å²) in [5.41, 5.74) is 0.369. The summed E-state index contributed by atoms with van der Waals surface area (Å²) in [6.45, 7) is 2.82. The largest absolute Gasteiger partial charge is 0.388 e. The lowest BCUT2D eigenvalue weighted by Crippen LogP contribution is -2.04. The third-order valence-corrected chi connectivity index (χ3v) is 2.07. The molecule has 0 fully saturated rings. The molecule has 84 valence electrons. The number of aliphatic hydroxyl groups excluding tert-OH is 1. The van der Waals surface area contributed by atoms with Gasteiger partial charge in [0.05, 0.1) is 6.10 Å². The van der Waals surface area contributed by atoms with Crippen molar-refractivity contribution in [2.24, 2.45) is 0 Å². The molecule has 0 aliphatic rings. The molecule has 2 nitrogen and oxygen atoms in total. The van der Waals surface area contributed by atoms with Crippen molar-refractivity contribution < 1.29 is 18.6 Å². The highest BCUT2D eigenvalue weighted by Gasteiger charge is 2.10. The summed E-state index contributed by atoms with van der Waals surface area (Å²) in [4.78, 5) is 0. The molecule has 0 radical (unpaired) electrons. The molecule has 0 heterocycles. The number of hydrogen-bond donors (Lipinski definition) is 1. The van der Waals surface area contributed by atoms with Gasteiger partial charge >= 0.3 is 0 Å². The summed E-state index contributed by atoms with van der Waals surface area (Å²) >= 11 is 0. The molecule has 0 saturated carbocycles. The van der Waals surface area contributed by atoms with E-state index in [-0.39, 0.29) is 0 Å². The molecule has 4 heteroatoms. The average Bonchev–Trinajstić information content (AvgIpc) is 2.22. The fourth-order valence-electron chi connectivity index (χ4n) is 1.23. The van der Waals surface area contributed by atoms with Gasteiger partial charge in [0.2, 0.25) is 0 Å². The fraction of sp³-hybridized carbons (Fsp3) is 0.455. The molecule has 1 aromatic carbocycles. The summed E-state index contributed by atoms with van der Waals surface area (Å²) in [5.74, 6) is -1.85. The molecule has 1 N–H and O–H groups in total. The minimum Gasteiger partial charge on any atom is -0.388 e. The second-order valence-electron chi connectivity index (χ2n) is 3.17. The smallest absolute Gasteiger partial charge is 0.159 e. The van der Waals surface area contributed by atoms with Crippen LogP contribution in [0.15, 0.2) is 18.2 Å². The van der Waals surface area contributed by atoms with Gasteiger partial charge in [-0.2, -0.15) is 0 Å². The number of hydrogen-bond acceptors (Lipinski definition) is 2. The van der Waals surface area contributed by atoms with Crippen LogP contribution >= 0.6 is 0 Å². The Morgan fingerprint density at radius 2 is 2.07 bits per heavy atom. The zero-order chi connectivity index (χ0) is 11.3. The normalized spacial score (nSPS) is 12.8. The van der Waals surface area contributed by atoms with Crippen molar-refractivity contribution in [3.63, 3.8) is 0 Å². The number of aliphatic hydroxyl groups is 1. The summed E-state index contributed by atoms with van der Waals surface area (Å²) in [6.07, 6.45) is -0.439. The van der Waals surface area contributed by atoms with Gasteiger partial charge in [0.25, 0.3) is 0 Å². The van der Waals surface area contributed by atoms with E-state index in [4.69, 9.17) is 4.74 Å². The zero-order valence-corrected chi connectivity index (χ0v) is 8.54. The SMILES string of the molecule is CCOCCC(O)c1ccc(F)c(F)c1. The number of ether oxygens (including phenoxy) is 1. The maximum atomic E-state index is 12.8. The highest BCUT2D eigenvalue weighted by atomic mass is 19.2. The lowest BCUT2D eigenvalue weighted by atomic mass is 10.1. The maximum Gasteiger partial charge on any atom is 0.159 e. The van der Waals surface area contributed by atoms with Gasteiger partial charge in [0, 0.05) is 19.6 Å². The Morgan fingerprint density at radius 1 is 1.33 bits per heavy atom. The standard InChI is InChI=1S/C11H14F2O2/c1-2-15-6-5-11(14)8-3-4-9(12)10(13)7-8/h3-4,7,11,14H,2,5-6H2,1H3. The van der Waals surface area contributed by atoms with Gasteiger partial charge < -0.3 is 9.84 Å². The lowest BCUT2D eigenvalue weighted by Gasteiger charge is -2.10. The third-order valence-electron chi connectivity index (χ3n) is 2.07. The van der Waals surface area contributed by atoms with Crippen molar-refractivity contribution in [2.45, 2.75) is 19.4 Å². The van der Waals surface area contributed by atoms with Gasteiger partial charge in [0.1, 0.15) is 0 Å². The first kappa shape index (κ1) is 12.1. The summed E-state index contributed by atoms with van der Waals surface area (Å²) in [6, 6.07) is 3.38. The predicted molar refractivity (Wildman–Crippen MR) is 52.4 cm³/mol. The first-order chi connectivity index (χ1) is 7.15. The topological polar surface area (TPSA) is 29.5 Å². The van der Waals surface area contributed by atoms with E-state index in [0.717, 1.165) is 12.1 Å². The molecule has 0 aliphatic carbocycles. The van der Waals surface area contributed by atoms with Crippen molar-refractivity contribution in [2.75, 3.05) is 13.2 Å². The van der Waals surface area contributed by atoms with E-state index >= 15 is 0 Å². The van der Waals surface area contributed by atoms with Gasteiger partial charge in [0.15, 0.2) is 11.6 Å². The Hall–Kier alpha value is -1.00. The van der Waals surface area contributed by atoms with Crippen LogP contribution in [0.1, 0.15) is 25.0 Å². The maximum absolute atomic E-state index is 12.8. The van der Waals surface area contributed by atoms with Crippen molar-refractivity contribution in [3.8, 4) is 0 Å². The fourth-order valence-corrected chi connectivity index (χ4v) is 1.23. The van der Waals surface area contributed by atoms with Gasteiger partial charge in [-0.1, -0.05) is 6.07 Å². The van der Waals surface area contributed by atoms with Crippen molar-refractivity contribution in [1.82, 2.24) is 0 Å². The molecule has 0 amide bonds. The lowest BCUT2D eigenvalue weighted by molar-refractivity contribution is 0.0884. The monoisotopic (exact) mass is 216 g/mol. The third kappa shape index (κ3) is 3.57. The van der Waals surface area contributed by atoms with E-state index in [1.54, 1.807) is 0 Å². The first-order valence-corrected chi connectivity index (χ1v) is 4.86. The molecule has 0 saturated heterocycles. The van der Waals surface area contributed by atoms with Crippen LogP contribution in [0.5, 0.6) is 0 Å². The molecule has 1 aromatic rings. The molecule has 0 aromatic heterocycles. The van der Waals surface area contributed by atoms with Gasteiger partial charge in [-0.05, 0) is 24.6 Å². The average molecular weight is 216 g/mol. The number of rotatable bonds is 5. The summed E-state index contributed by atoms with van der Waals surface area (Å²) in [5, 5.41) is 9.59. The van der Waals surface area contributed by atoms with Crippen molar-refractivity contribution >= 4 is 0 Å². The van der Waals surface area contributed by atoms with E-state index in [2.05, 4.69) is 0 Å². The van der Waals surface area contributed by atoms with Crippen LogP contribution in [-0.2, 0) is 4.74 Å². The molecule has 0 bridgehead atoms. The van der Waals surface area contributed by atoms with E-state index in [1.165, 1.54) is 6.07 Å². The second kappa shape index (κ2) is 5.78. The van der Waals surface area contributed by atoms with Crippen LogP contribution < -0.4 is 0 Å². The number of halogens is 2. The van der Waals surface area contributed by atoms with E-state index in [1.807, 2.05) is 6.92 Å².